The van der Waals surface area contributed by atoms with E-state index in [9.17, 15) is 13.6 Å². The van der Waals surface area contributed by atoms with E-state index in [1.54, 1.807) is 0 Å². The molecule has 0 heterocycles. The Labute approximate surface area is 98.3 Å². The van der Waals surface area contributed by atoms with Gasteiger partial charge in [-0.1, -0.05) is 13.3 Å². The van der Waals surface area contributed by atoms with Gasteiger partial charge in [0.2, 0.25) is 0 Å². The smallest absolute Gasteiger partial charge is 0.387 e. The number of alkyl halides is 2. The van der Waals surface area contributed by atoms with E-state index >= 15 is 0 Å². The van der Waals surface area contributed by atoms with Crippen LogP contribution in [0.25, 0.3) is 0 Å². The third kappa shape index (κ3) is 4.38. The van der Waals surface area contributed by atoms with Crippen LogP contribution in [0.15, 0.2) is 18.2 Å². The number of unbranched alkanes of at least 4 members (excludes halogenated alkanes) is 1. The maximum atomic E-state index is 12.1. The van der Waals surface area contributed by atoms with Crippen molar-refractivity contribution in [3.8, 4) is 11.5 Å². The first-order chi connectivity index (χ1) is 8.17. The molecule has 0 atom stereocenters. The third-order valence-electron chi connectivity index (χ3n) is 2.08. The highest BCUT2D eigenvalue weighted by Crippen LogP contribution is 2.29. The molecule has 0 spiro atoms. The number of ether oxygens (including phenoxy) is 2. The number of aldehydes is 1. The second kappa shape index (κ2) is 6.83. The molecule has 0 aromatic heterocycles. The van der Waals surface area contributed by atoms with Crippen molar-refractivity contribution in [1.82, 2.24) is 0 Å². The van der Waals surface area contributed by atoms with E-state index in [4.69, 9.17) is 4.74 Å². The Balaban J connectivity index is 2.82. The van der Waals surface area contributed by atoms with E-state index < -0.39 is 6.61 Å². The summed E-state index contributed by atoms with van der Waals surface area (Å²) in [4.78, 5) is 10.6. The van der Waals surface area contributed by atoms with Gasteiger partial charge >= 0.3 is 6.61 Å². The summed E-state index contributed by atoms with van der Waals surface area (Å²) in [6.45, 7) is -0.522. The first kappa shape index (κ1) is 13.4. The maximum Gasteiger partial charge on any atom is 0.387 e. The van der Waals surface area contributed by atoms with Gasteiger partial charge in [0, 0.05) is 5.56 Å². The Morgan fingerprint density at radius 3 is 2.71 bits per heavy atom. The van der Waals surface area contributed by atoms with Crippen LogP contribution >= 0.6 is 0 Å². The lowest BCUT2D eigenvalue weighted by Crippen LogP contribution is -2.05. The predicted molar refractivity (Wildman–Crippen MR) is 58.9 cm³/mol. The minimum atomic E-state index is -2.91. The Hall–Kier alpha value is -1.65. The first-order valence-electron chi connectivity index (χ1n) is 5.34. The van der Waals surface area contributed by atoms with Crippen molar-refractivity contribution < 1.29 is 23.0 Å². The molecule has 0 saturated carbocycles. The number of hydrogen-bond acceptors (Lipinski definition) is 3. The van der Waals surface area contributed by atoms with Crippen LogP contribution in [0.5, 0.6) is 11.5 Å². The molecule has 0 amide bonds. The van der Waals surface area contributed by atoms with E-state index in [0.29, 0.717) is 18.5 Å². The molecule has 1 rings (SSSR count). The zero-order chi connectivity index (χ0) is 12.7. The fraction of sp³-hybridized carbons (Fsp3) is 0.417. The Kier molecular flexibility index (Phi) is 5.39. The predicted octanol–water partition coefficient (Wildman–Crippen LogP) is 3.28. The van der Waals surface area contributed by atoms with Gasteiger partial charge in [-0.3, -0.25) is 4.79 Å². The molecule has 0 aliphatic carbocycles. The SMILES string of the molecule is CCCCOc1cc(C=O)ccc1OC(F)F. The van der Waals surface area contributed by atoms with Gasteiger partial charge in [-0.25, -0.2) is 0 Å². The lowest BCUT2D eigenvalue weighted by atomic mass is 10.2. The molecule has 0 aliphatic rings. The molecule has 17 heavy (non-hydrogen) atoms. The van der Waals surface area contributed by atoms with Crippen LogP contribution in [0.4, 0.5) is 8.78 Å². The fourth-order valence-corrected chi connectivity index (χ4v) is 1.23. The van der Waals surface area contributed by atoms with E-state index in [1.165, 1.54) is 18.2 Å². The van der Waals surface area contributed by atoms with Crippen molar-refractivity contribution in [2.45, 2.75) is 26.4 Å². The van der Waals surface area contributed by atoms with Gasteiger partial charge in [-0.05, 0) is 24.6 Å². The summed E-state index contributed by atoms with van der Waals surface area (Å²) in [6, 6.07) is 4.09. The standard InChI is InChI=1S/C12H14F2O3/c1-2-3-6-16-11-7-9(8-15)4-5-10(11)17-12(13)14/h4-5,7-8,12H,2-3,6H2,1H3. The van der Waals surface area contributed by atoms with Crippen LogP contribution in [0.1, 0.15) is 30.1 Å². The van der Waals surface area contributed by atoms with Crippen LogP contribution in [-0.2, 0) is 0 Å². The molecular formula is C12H14F2O3. The number of rotatable bonds is 7. The molecule has 0 aliphatic heterocycles. The minimum Gasteiger partial charge on any atom is -0.490 e. The zero-order valence-corrected chi connectivity index (χ0v) is 9.49. The molecule has 0 N–H and O–H groups in total. The molecule has 94 valence electrons. The van der Waals surface area contributed by atoms with Gasteiger partial charge in [-0.15, -0.1) is 0 Å². The Bertz CT molecular complexity index is 367. The summed E-state index contributed by atoms with van der Waals surface area (Å²) in [5.74, 6) is 0.116. The zero-order valence-electron chi connectivity index (χ0n) is 9.49. The highest BCUT2D eigenvalue weighted by atomic mass is 19.3. The van der Waals surface area contributed by atoms with Crippen molar-refractivity contribution in [2.75, 3.05) is 6.61 Å². The van der Waals surface area contributed by atoms with Crippen molar-refractivity contribution in [3.63, 3.8) is 0 Å². The second-order valence-corrected chi connectivity index (χ2v) is 3.40. The lowest BCUT2D eigenvalue weighted by Gasteiger charge is -2.12. The number of benzene rings is 1. The monoisotopic (exact) mass is 244 g/mol. The van der Waals surface area contributed by atoms with E-state index in [1.807, 2.05) is 6.92 Å². The van der Waals surface area contributed by atoms with Crippen LogP contribution in [-0.4, -0.2) is 19.5 Å². The van der Waals surface area contributed by atoms with Crippen LogP contribution in [0.2, 0.25) is 0 Å². The topological polar surface area (TPSA) is 35.5 Å². The summed E-state index contributed by atoms with van der Waals surface area (Å²) < 4.78 is 33.9. The molecule has 0 saturated heterocycles. The van der Waals surface area contributed by atoms with Crippen molar-refractivity contribution in [2.24, 2.45) is 0 Å². The van der Waals surface area contributed by atoms with Crippen LogP contribution < -0.4 is 9.47 Å². The summed E-state index contributed by atoms with van der Waals surface area (Å²) in [5, 5.41) is 0. The normalized spacial score (nSPS) is 10.4. The average Bonchev–Trinajstić information content (AvgIpc) is 2.30. The van der Waals surface area contributed by atoms with Crippen LogP contribution in [0, 0.1) is 0 Å². The van der Waals surface area contributed by atoms with Gasteiger partial charge in [0.1, 0.15) is 6.29 Å². The molecule has 1 aromatic rings. The fourth-order valence-electron chi connectivity index (χ4n) is 1.23. The number of carbonyl (C=O) groups excluding carboxylic acids is 1. The van der Waals surface area contributed by atoms with E-state index in [-0.39, 0.29) is 11.5 Å². The molecule has 0 unspecified atom stereocenters. The molecule has 1 aromatic carbocycles. The number of hydrogen-bond donors (Lipinski definition) is 0. The van der Waals surface area contributed by atoms with Gasteiger partial charge in [-0.2, -0.15) is 8.78 Å². The van der Waals surface area contributed by atoms with E-state index in [0.717, 1.165) is 12.8 Å². The van der Waals surface area contributed by atoms with Gasteiger partial charge in [0.15, 0.2) is 11.5 Å². The molecule has 0 fully saturated rings. The average molecular weight is 244 g/mol. The molecule has 0 bridgehead atoms. The van der Waals surface area contributed by atoms with Crippen LogP contribution in [0.3, 0.4) is 0 Å². The quantitative estimate of drug-likeness (QED) is 0.545. The summed E-state index contributed by atoms with van der Waals surface area (Å²) in [6.07, 6.45) is 2.36. The molecule has 3 nitrogen and oxygen atoms in total. The van der Waals surface area contributed by atoms with Gasteiger partial charge in [0.25, 0.3) is 0 Å². The van der Waals surface area contributed by atoms with Gasteiger partial charge in [0.05, 0.1) is 6.61 Å². The second-order valence-electron chi connectivity index (χ2n) is 3.40. The van der Waals surface area contributed by atoms with E-state index in [2.05, 4.69) is 4.74 Å². The third-order valence-corrected chi connectivity index (χ3v) is 2.08. The van der Waals surface area contributed by atoms with Crippen molar-refractivity contribution >= 4 is 6.29 Å². The highest BCUT2D eigenvalue weighted by Gasteiger charge is 2.11. The van der Waals surface area contributed by atoms with Gasteiger partial charge < -0.3 is 9.47 Å². The summed E-state index contributed by atoms with van der Waals surface area (Å²) in [5.41, 5.74) is 0.359. The number of halogens is 2. The summed E-state index contributed by atoms with van der Waals surface area (Å²) >= 11 is 0. The highest BCUT2D eigenvalue weighted by molar-refractivity contribution is 5.76. The van der Waals surface area contributed by atoms with Crippen molar-refractivity contribution in [3.05, 3.63) is 23.8 Å². The molecule has 5 heteroatoms. The Morgan fingerprint density at radius 2 is 2.12 bits per heavy atom. The largest absolute Gasteiger partial charge is 0.490 e. The summed E-state index contributed by atoms with van der Waals surface area (Å²) in [7, 11) is 0. The molecular weight excluding hydrogens is 230 g/mol. The maximum absolute atomic E-state index is 12.1. The number of carbonyl (C=O) groups is 1. The Morgan fingerprint density at radius 1 is 1.35 bits per heavy atom. The lowest BCUT2D eigenvalue weighted by molar-refractivity contribution is -0.0515. The first-order valence-corrected chi connectivity index (χ1v) is 5.34. The molecule has 0 radical (unpaired) electrons. The van der Waals surface area contributed by atoms with Crippen molar-refractivity contribution in [1.29, 1.82) is 0 Å². The minimum absolute atomic E-state index is 0.0540.